The molecule has 0 bridgehead atoms. The average molecular weight is 412 g/mol. The molecule has 1 atom stereocenters. The van der Waals surface area contributed by atoms with E-state index >= 15 is 0 Å². The Balaban J connectivity index is 1.76. The zero-order chi connectivity index (χ0) is 19.8. The first-order chi connectivity index (χ1) is 12.7. The second-order valence-electron chi connectivity index (χ2n) is 7.10. The average Bonchev–Trinajstić information content (AvgIpc) is 3.11. The third-order valence-corrected chi connectivity index (χ3v) is 8.02. The van der Waals surface area contributed by atoms with Gasteiger partial charge >= 0.3 is 0 Å². The normalized spacial score (nSPS) is 18.9. The van der Waals surface area contributed by atoms with Gasteiger partial charge in [-0.15, -0.1) is 11.3 Å². The topological polar surface area (TPSA) is 89.3 Å². The van der Waals surface area contributed by atoms with E-state index in [1.54, 1.807) is 4.90 Å². The predicted octanol–water partition coefficient (Wildman–Crippen LogP) is 1.89. The fourth-order valence-corrected chi connectivity index (χ4v) is 6.28. The van der Waals surface area contributed by atoms with Crippen LogP contribution in [0.15, 0.2) is 11.1 Å². The molecule has 1 fully saturated rings. The lowest BCUT2D eigenvalue weighted by Crippen LogP contribution is -2.42. The highest BCUT2D eigenvalue weighted by Crippen LogP contribution is 2.25. The molecule has 0 aromatic carbocycles. The summed E-state index contributed by atoms with van der Waals surface area (Å²) in [6.07, 6.45) is 2.92. The summed E-state index contributed by atoms with van der Waals surface area (Å²) >= 11 is 1.50. The van der Waals surface area contributed by atoms with Crippen LogP contribution in [0, 0.1) is 13.8 Å². The maximum Gasteiger partial charge on any atom is 0.262 e. The van der Waals surface area contributed by atoms with Crippen LogP contribution in [-0.4, -0.2) is 52.9 Å². The molecule has 9 heteroatoms. The number of fused-ring (bicyclic) bond motifs is 1. The molecule has 27 heavy (non-hydrogen) atoms. The van der Waals surface area contributed by atoms with E-state index in [0.717, 1.165) is 21.7 Å². The van der Waals surface area contributed by atoms with Crippen molar-refractivity contribution < 1.29 is 13.2 Å². The molecule has 1 amide bonds. The Morgan fingerprint density at radius 3 is 2.78 bits per heavy atom. The molecule has 0 N–H and O–H groups in total. The van der Waals surface area contributed by atoms with Crippen LogP contribution in [0.25, 0.3) is 10.2 Å². The van der Waals surface area contributed by atoms with Gasteiger partial charge in [0.1, 0.15) is 4.83 Å². The zero-order valence-corrected chi connectivity index (χ0v) is 17.5. The third kappa shape index (κ3) is 4.08. The third-order valence-electron chi connectivity index (χ3n) is 5.16. The van der Waals surface area contributed by atoms with Crippen molar-refractivity contribution in [1.82, 2.24) is 14.5 Å². The molecule has 1 unspecified atom stereocenters. The van der Waals surface area contributed by atoms with Gasteiger partial charge in [-0.05, 0) is 32.3 Å². The summed E-state index contributed by atoms with van der Waals surface area (Å²) in [7, 11) is -3.05. The van der Waals surface area contributed by atoms with E-state index in [2.05, 4.69) is 4.98 Å². The van der Waals surface area contributed by atoms with Gasteiger partial charge in [-0.2, -0.15) is 0 Å². The van der Waals surface area contributed by atoms with Crippen LogP contribution in [0.4, 0.5) is 0 Å². The molecule has 1 aliphatic rings. The van der Waals surface area contributed by atoms with Gasteiger partial charge < -0.3 is 4.90 Å². The van der Waals surface area contributed by atoms with Gasteiger partial charge in [-0.1, -0.05) is 6.92 Å². The van der Waals surface area contributed by atoms with Gasteiger partial charge in [-0.25, -0.2) is 13.4 Å². The van der Waals surface area contributed by atoms with Crippen molar-refractivity contribution in [1.29, 1.82) is 0 Å². The Labute approximate surface area is 162 Å². The molecule has 2 aromatic heterocycles. The van der Waals surface area contributed by atoms with Crippen LogP contribution < -0.4 is 5.56 Å². The van der Waals surface area contributed by atoms with Crippen molar-refractivity contribution in [2.24, 2.45) is 0 Å². The molecule has 7 nitrogen and oxygen atoms in total. The van der Waals surface area contributed by atoms with Gasteiger partial charge in [0.2, 0.25) is 5.91 Å². The van der Waals surface area contributed by atoms with Crippen LogP contribution in [0.3, 0.4) is 0 Å². The minimum Gasteiger partial charge on any atom is -0.339 e. The molecule has 148 valence electrons. The van der Waals surface area contributed by atoms with E-state index < -0.39 is 9.84 Å². The molecule has 0 saturated carbocycles. The van der Waals surface area contributed by atoms with Crippen LogP contribution in [0.1, 0.15) is 36.6 Å². The molecule has 0 aliphatic carbocycles. The van der Waals surface area contributed by atoms with E-state index in [1.807, 2.05) is 20.8 Å². The number of rotatable bonds is 6. The Kier molecular flexibility index (Phi) is 5.71. The zero-order valence-electron chi connectivity index (χ0n) is 15.9. The second-order valence-corrected chi connectivity index (χ2v) is 10.5. The minimum absolute atomic E-state index is 0.0412. The van der Waals surface area contributed by atoms with E-state index in [4.69, 9.17) is 0 Å². The molecule has 1 aliphatic heterocycles. The van der Waals surface area contributed by atoms with Crippen molar-refractivity contribution in [3.8, 4) is 0 Å². The summed E-state index contributed by atoms with van der Waals surface area (Å²) in [4.78, 5) is 33.3. The highest BCUT2D eigenvalue weighted by atomic mass is 32.2. The van der Waals surface area contributed by atoms with E-state index in [9.17, 15) is 18.0 Å². The van der Waals surface area contributed by atoms with Crippen LogP contribution in [0.2, 0.25) is 0 Å². The van der Waals surface area contributed by atoms with Crippen molar-refractivity contribution in [3.63, 3.8) is 0 Å². The first-order valence-electron chi connectivity index (χ1n) is 9.18. The fourth-order valence-electron chi connectivity index (χ4n) is 3.56. The maximum absolute atomic E-state index is 12.7. The summed E-state index contributed by atoms with van der Waals surface area (Å²) in [6, 6.07) is -0.249. The number of thiophene rings is 1. The lowest BCUT2D eigenvalue weighted by molar-refractivity contribution is -0.133. The summed E-state index contributed by atoms with van der Waals surface area (Å²) in [5, 5.41) is 0.625. The van der Waals surface area contributed by atoms with E-state index in [1.165, 1.54) is 22.2 Å². The Morgan fingerprint density at radius 2 is 2.15 bits per heavy atom. The molecule has 0 radical (unpaired) electrons. The highest BCUT2D eigenvalue weighted by Gasteiger charge is 2.34. The number of amides is 1. The molecule has 3 heterocycles. The van der Waals surface area contributed by atoms with E-state index in [0.29, 0.717) is 18.4 Å². The van der Waals surface area contributed by atoms with Crippen molar-refractivity contribution >= 4 is 37.3 Å². The van der Waals surface area contributed by atoms with Gasteiger partial charge in [0, 0.05) is 30.4 Å². The van der Waals surface area contributed by atoms with Crippen LogP contribution >= 0.6 is 11.3 Å². The molecular formula is C18H25N3O4S2. The quantitative estimate of drug-likeness (QED) is 0.724. The lowest BCUT2D eigenvalue weighted by Gasteiger charge is -2.28. The van der Waals surface area contributed by atoms with Crippen molar-refractivity contribution in [2.45, 2.75) is 52.6 Å². The lowest BCUT2D eigenvalue weighted by atomic mass is 10.2. The van der Waals surface area contributed by atoms with Gasteiger partial charge in [0.15, 0.2) is 9.84 Å². The van der Waals surface area contributed by atoms with Gasteiger partial charge in [0.25, 0.3) is 5.56 Å². The summed E-state index contributed by atoms with van der Waals surface area (Å²) < 4.78 is 25.0. The summed E-state index contributed by atoms with van der Waals surface area (Å²) in [5.74, 6) is 0.0749. The number of carbonyl (C=O) groups is 1. The Hall–Kier alpha value is -1.74. The predicted molar refractivity (Wildman–Crippen MR) is 107 cm³/mol. The number of carbonyl (C=O) groups excluding carboxylic acids is 1. The molecule has 3 rings (SSSR count). The molecule has 1 saturated heterocycles. The minimum atomic E-state index is -3.05. The number of aryl methyl sites for hydroxylation is 3. The van der Waals surface area contributed by atoms with Crippen LogP contribution in [-0.2, 0) is 21.2 Å². The first-order valence-corrected chi connectivity index (χ1v) is 11.8. The Bertz CT molecular complexity index is 1020. The number of hydrogen-bond acceptors (Lipinski definition) is 6. The first kappa shape index (κ1) is 20.0. The maximum atomic E-state index is 12.7. The number of nitrogens with zero attached hydrogens (tertiary/aromatic N) is 3. The SMILES string of the molecule is CCCN(C(=O)CCn1cnc2sc(C)c(C)c2c1=O)C1CCS(=O)(=O)C1. The molecule has 2 aromatic rings. The summed E-state index contributed by atoms with van der Waals surface area (Å²) in [5.41, 5.74) is 0.817. The fraction of sp³-hybridized carbons (Fsp3) is 0.611. The Morgan fingerprint density at radius 1 is 1.41 bits per heavy atom. The smallest absolute Gasteiger partial charge is 0.262 e. The van der Waals surface area contributed by atoms with Gasteiger partial charge in [0.05, 0.1) is 23.2 Å². The van der Waals surface area contributed by atoms with E-state index in [-0.39, 0.29) is 42.0 Å². The van der Waals surface area contributed by atoms with Gasteiger partial charge in [-0.3, -0.25) is 14.2 Å². The largest absolute Gasteiger partial charge is 0.339 e. The highest BCUT2D eigenvalue weighted by molar-refractivity contribution is 7.91. The second kappa shape index (κ2) is 7.71. The number of aromatic nitrogens is 2. The molecule has 0 spiro atoms. The standard InChI is InChI=1S/C18H25N3O4S2/c1-4-7-21(14-6-9-27(24,25)10-14)15(22)5-8-20-11-19-17-16(18(20)23)12(2)13(3)26-17/h11,14H,4-10H2,1-3H3. The number of hydrogen-bond donors (Lipinski definition) is 0. The molecular weight excluding hydrogens is 386 g/mol. The monoisotopic (exact) mass is 411 g/mol. The number of sulfone groups is 1. The van der Waals surface area contributed by atoms with Crippen molar-refractivity contribution in [2.75, 3.05) is 18.1 Å². The van der Waals surface area contributed by atoms with Crippen molar-refractivity contribution in [3.05, 3.63) is 27.1 Å². The van der Waals surface area contributed by atoms with Crippen LogP contribution in [0.5, 0.6) is 0 Å². The summed E-state index contributed by atoms with van der Waals surface area (Å²) in [6.45, 7) is 6.62.